The molecule has 23 heavy (non-hydrogen) atoms. The molecule has 0 aliphatic rings. The normalized spacial score (nSPS) is 11.0. The number of halogens is 6. The highest BCUT2D eigenvalue weighted by Gasteiger charge is 2.15. The Morgan fingerprint density at radius 2 is 1.09 bits per heavy atom. The van der Waals surface area contributed by atoms with E-state index in [9.17, 15) is 0 Å². The summed E-state index contributed by atoms with van der Waals surface area (Å²) in [6.07, 6.45) is 1.70. The third-order valence-electron chi connectivity index (χ3n) is 3.02. The number of aromatic nitrogens is 1. The third-order valence-corrected chi connectivity index (χ3v) is 6.16. The second-order valence-electron chi connectivity index (χ2n) is 4.52. The van der Waals surface area contributed by atoms with Crippen molar-refractivity contribution in [1.29, 1.82) is 0 Å². The van der Waals surface area contributed by atoms with Crippen LogP contribution in [0.15, 0.2) is 30.5 Å². The van der Waals surface area contributed by atoms with Gasteiger partial charge < -0.3 is 0 Å². The van der Waals surface area contributed by atoms with E-state index in [1.54, 1.807) is 30.5 Å². The maximum absolute atomic E-state index is 6.24. The monoisotopic (exact) mass is 441 g/mol. The van der Waals surface area contributed by atoms with Crippen molar-refractivity contribution in [1.82, 2.24) is 4.98 Å². The van der Waals surface area contributed by atoms with Crippen molar-refractivity contribution >= 4 is 80.9 Å². The minimum absolute atomic E-state index is 0.393. The number of hydrogen-bond donors (Lipinski definition) is 0. The average Bonchev–Trinajstić information content (AvgIpc) is 2.96. The van der Waals surface area contributed by atoms with Gasteiger partial charge in [0, 0.05) is 17.3 Å². The zero-order valence-electron chi connectivity index (χ0n) is 11.0. The minimum Gasteiger partial charge on any atom is -0.244 e. The van der Waals surface area contributed by atoms with Crippen LogP contribution in [0.3, 0.4) is 0 Å². The van der Waals surface area contributed by atoms with E-state index in [1.807, 2.05) is 0 Å². The third kappa shape index (κ3) is 3.59. The second-order valence-corrected chi connectivity index (χ2v) is 8.00. The smallest absolute Gasteiger partial charge is 0.125 e. The van der Waals surface area contributed by atoms with Crippen LogP contribution in [0.2, 0.25) is 30.1 Å². The van der Waals surface area contributed by atoms with Crippen LogP contribution in [-0.2, 0) is 0 Å². The predicted molar refractivity (Wildman–Crippen MR) is 103 cm³/mol. The molecule has 2 aromatic carbocycles. The van der Waals surface area contributed by atoms with E-state index < -0.39 is 0 Å². The lowest BCUT2D eigenvalue weighted by molar-refractivity contribution is 1.41. The first-order chi connectivity index (χ1) is 10.9. The topological polar surface area (TPSA) is 12.9 Å². The Bertz CT molecular complexity index is 833. The Hall–Kier alpha value is -0.190. The van der Waals surface area contributed by atoms with Crippen molar-refractivity contribution in [2.75, 3.05) is 0 Å². The van der Waals surface area contributed by atoms with E-state index in [-0.39, 0.29) is 0 Å². The van der Waals surface area contributed by atoms with Crippen molar-refractivity contribution in [3.8, 4) is 21.0 Å². The molecular weight excluding hydrogens is 439 g/mol. The molecule has 3 rings (SSSR count). The zero-order chi connectivity index (χ0) is 16.7. The average molecular weight is 444 g/mol. The molecule has 0 unspecified atom stereocenters. The molecule has 1 nitrogen and oxygen atoms in total. The molecule has 0 saturated carbocycles. The molecule has 1 aromatic heterocycles. The van der Waals surface area contributed by atoms with E-state index >= 15 is 0 Å². The minimum atomic E-state index is 0.393. The molecule has 1 heterocycles. The lowest BCUT2D eigenvalue weighted by Crippen LogP contribution is -1.79. The van der Waals surface area contributed by atoms with Crippen molar-refractivity contribution in [3.63, 3.8) is 0 Å². The first kappa shape index (κ1) is 17.6. The van der Waals surface area contributed by atoms with Crippen molar-refractivity contribution in [2.45, 2.75) is 0 Å². The number of hydrogen-bond acceptors (Lipinski definition) is 2. The number of benzene rings is 2. The highest BCUT2D eigenvalue weighted by atomic mass is 35.5. The second kappa shape index (κ2) is 6.97. The SMILES string of the molecule is Clc1cc(Cl)c(-c2cnc(-c3cc(Cl)c(Cl)cc3Cl)s2)cc1Cl. The Labute approximate surface area is 166 Å². The fourth-order valence-electron chi connectivity index (χ4n) is 1.92. The molecule has 0 atom stereocenters. The Morgan fingerprint density at radius 1 is 0.609 bits per heavy atom. The van der Waals surface area contributed by atoms with Gasteiger partial charge in [-0.05, 0) is 24.3 Å². The van der Waals surface area contributed by atoms with Crippen LogP contribution in [0.25, 0.3) is 21.0 Å². The quantitative estimate of drug-likeness (QED) is 0.362. The van der Waals surface area contributed by atoms with Crippen molar-refractivity contribution in [2.24, 2.45) is 0 Å². The van der Waals surface area contributed by atoms with E-state index in [1.165, 1.54) is 11.3 Å². The van der Waals surface area contributed by atoms with Crippen LogP contribution in [-0.4, -0.2) is 4.98 Å². The van der Waals surface area contributed by atoms with Gasteiger partial charge in [-0.2, -0.15) is 0 Å². The lowest BCUT2D eigenvalue weighted by atomic mass is 10.2. The van der Waals surface area contributed by atoms with Gasteiger partial charge in [0.2, 0.25) is 0 Å². The molecule has 0 N–H and O–H groups in total. The first-order valence-electron chi connectivity index (χ1n) is 6.12. The molecule has 0 spiro atoms. The zero-order valence-corrected chi connectivity index (χ0v) is 16.4. The summed E-state index contributed by atoms with van der Waals surface area (Å²) < 4.78 is 0. The Morgan fingerprint density at radius 3 is 1.70 bits per heavy atom. The maximum Gasteiger partial charge on any atom is 0.125 e. The van der Waals surface area contributed by atoms with Crippen molar-refractivity contribution < 1.29 is 0 Å². The summed E-state index contributed by atoms with van der Waals surface area (Å²) in [5.74, 6) is 0. The van der Waals surface area contributed by atoms with Gasteiger partial charge in [0.25, 0.3) is 0 Å². The first-order valence-corrected chi connectivity index (χ1v) is 9.21. The summed E-state index contributed by atoms with van der Waals surface area (Å²) in [5, 5.41) is 3.30. The van der Waals surface area contributed by atoms with Crippen LogP contribution >= 0.6 is 80.9 Å². The standard InChI is InChI=1S/C15H5Cl6NS/c16-8-3-12(20)10(18)1-6(8)14-5-22-15(23-14)7-2-11(19)13(21)4-9(7)17/h1-5H. The van der Waals surface area contributed by atoms with E-state index in [0.29, 0.717) is 40.7 Å². The van der Waals surface area contributed by atoms with Crippen LogP contribution < -0.4 is 0 Å². The van der Waals surface area contributed by atoms with Crippen LogP contribution in [0.1, 0.15) is 0 Å². The summed E-state index contributed by atoms with van der Waals surface area (Å²) in [5.41, 5.74) is 1.45. The lowest BCUT2D eigenvalue weighted by Gasteiger charge is -2.04. The molecule has 0 aliphatic heterocycles. The molecule has 0 bridgehead atoms. The highest BCUT2D eigenvalue weighted by molar-refractivity contribution is 7.18. The molecule has 0 aliphatic carbocycles. The number of rotatable bonds is 2. The van der Waals surface area contributed by atoms with Gasteiger partial charge in [0.15, 0.2) is 0 Å². The molecule has 3 aromatic rings. The summed E-state index contributed by atoms with van der Waals surface area (Å²) in [6, 6.07) is 6.59. The molecule has 0 fully saturated rings. The van der Waals surface area contributed by atoms with Crippen LogP contribution in [0, 0.1) is 0 Å². The van der Waals surface area contributed by atoms with Gasteiger partial charge in [0.05, 0.1) is 35.0 Å². The summed E-state index contributed by atoms with van der Waals surface area (Å²) in [6.45, 7) is 0. The number of thiazole rings is 1. The fourth-order valence-corrected chi connectivity index (χ4v) is 4.29. The van der Waals surface area contributed by atoms with Gasteiger partial charge in [-0.1, -0.05) is 69.6 Å². The highest BCUT2D eigenvalue weighted by Crippen LogP contribution is 2.42. The molecule has 118 valence electrons. The fraction of sp³-hybridized carbons (Fsp3) is 0. The summed E-state index contributed by atoms with van der Waals surface area (Å²) >= 11 is 37.9. The Kier molecular flexibility index (Phi) is 5.34. The van der Waals surface area contributed by atoms with E-state index in [4.69, 9.17) is 69.6 Å². The maximum atomic E-state index is 6.24. The summed E-state index contributed by atoms with van der Waals surface area (Å²) in [7, 11) is 0. The largest absolute Gasteiger partial charge is 0.244 e. The summed E-state index contributed by atoms with van der Waals surface area (Å²) in [4.78, 5) is 5.22. The van der Waals surface area contributed by atoms with Gasteiger partial charge in [0.1, 0.15) is 5.01 Å². The van der Waals surface area contributed by atoms with Crippen molar-refractivity contribution in [3.05, 3.63) is 60.6 Å². The van der Waals surface area contributed by atoms with Crippen LogP contribution in [0.5, 0.6) is 0 Å². The van der Waals surface area contributed by atoms with Crippen LogP contribution in [0.4, 0.5) is 0 Å². The molecule has 0 saturated heterocycles. The predicted octanol–water partition coefficient (Wildman–Crippen LogP) is 8.40. The molecule has 8 heteroatoms. The molecular formula is C15H5Cl6NS. The number of nitrogens with zero attached hydrogens (tertiary/aromatic N) is 1. The van der Waals surface area contributed by atoms with Gasteiger partial charge in [-0.25, -0.2) is 4.98 Å². The molecule has 0 amide bonds. The molecule has 0 radical (unpaired) electrons. The van der Waals surface area contributed by atoms with E-state index in [2.05, 4.69) is 4.98 Å². The van der Waals surface area contributed by atoms with Gasteiger partial charge in [-0.15, -0.1) is 11.3 Å². The van der Waals surface area contributed by atoms with Gasteiger partial charge >= 0.3 is 0 Å². The van der Waals surface area contributed by atoms with E-state index in [0.717, 1.165) is 10.4 Å². The van der Waals surface area contributed by atoms with Gasteiger partial charge in [-0.3, -0.25) is 0 Å². The Balaban J connectivity index is 2.08.